The van der Waals surface area contributed by atoms with Crippen LogP contribution in [0.4, 0.5) is 5.69 Å². The number of aromatic nitrogens is 1. The zero-order valence-electron chi connectivity index (χ0n) is 7.40. The molecule has 0 fully saturated rings. The Kier molecular flexibility index (Phi) is 1.44. The Morgan fingerprint density at radius 2 is 2.21 bits per heavy atom. The Morgan fingerprint density at radius 1 is 1.21 bits per heavy atom. The van der Waals surface area contributed by atoms with E-state index in [2.05, 4.69) is 10.3 Å². The van der Waals surface area contributed by atoms with Crippen molar-refractivity contribution in [2.75, 3.05) is 5.32 Å². The highest BCUT2D eigenvalue weighted by molar-refractivity contribution is 5.91. The molecule has 1 aliphatic heterocycles. The Morgan fingerprint density at radius 3 is 3.21 bits per heavy atom. The van der Waals surface area contributed by atoms with E-state index in [4.69, 9.17) is 4.74 Å². The molecule has 14 heavy (non-hydrogen) atoms. The molecule has 0 bridgehead atoms. The summed E-state index contributed by atoms with van der Waals surface area (Å²) in [5.74, 6) is 0.845. The summed E-state index contributed by atoms with van der Waals surface area (Å²) in [7, 11) is 0. The lowest BCUT2D eigenvalue weighted by molar-refractivity contribution is 0.482. The second-order valence-electron chi connectivity index (χ2n) is 3.08. The molecule has 2 heterocycles. The maximum Gasteiger partial charge on any atom is 0.159 e. The van der Waals surface area contributed by atoms with E-state index in [9.17, 15) is 0 Å². The molecule has 0 radical (unpaired) electrons. The largest absolute Gasteiger partial charge is 0.461 e. The third kappa shape index (κ3) is 0.956. The number of hydrogen-bond acceptors (Lipinski definition) is 3. The fourth-order valence-electron chi connectivity index (χ4n) is 1.59. The summed E-state index contributed by atoms with van der Waals surface area (Å²) in [5.41, 5.74) is 1.93. The van der Waals surface area contributed by atoms with E-state index in [0.717, 1.165) is 22.3 Å². The highest BCUT2D eigenvalue weighted by Gasteiger charge is 2.10. The third-order valence-corrected chi connectivity index (χ3v) is 2.23. The first-order valence-electron chi connectivity index (χ1n) is 4.41. The van der Waals surface area contributed by atoms with Crippen LogP contribution in [0.5, 0.6) is 5.75 Å². The van der Waals surface area contributed by atoms with Crippen LogP contribution in [0.1, 0.15) is 0 Å². The molecule has 0 saturated heterocycles. The monoisotopic (exact) mass is 184 g/mol. The van der Waals surface area contributed by atoms with Gasteiger partial charge in [-0.15, -0.1) is 0 Å². The molecule has 0 atom stereocenters. The molecule has 1 aromatic carbocycles. The maximum atomic E-state index is 5.45. The van der Waals surface area contributed by atoms with Crippen LogP contribution in [0.3, 0.4) is 0 Å². The zero-order chi connectivity index (χ0) is 9.38. The molecular formula is C11H8N2O. The van der Waals surface area contributed by atoms with Gasteiger partial charge in [0.25, 0.3) is 0 Å². The van der Waals surface area contributed by atoms with Gasteiger partial charge in [0.15, 0.2) is 5.75 Å². The predicted octanol–water partition coefficient (Wildman–Crippen LogP) is 2.51. The molecule has 68 valence electrons. The number of benzene rings is 1. The third-order valence-electron chi connectivity index (χ3n) is 2.23. The van der Waals surface area contributed by atoms with E-state index in [1.807, 2.05) is 24.3 Å². The summed E-state index contributed by atoms with van der Waals surface area (Å²) < 4.78 is 5.45. The summed E-state index contributed by atoms with van der Waals surface area (Å²) in [5, 5.41) is 4.15. The van der Waals surface area contributed by atoms with Crippen molar-refractivity contribution in [1.29, 1.82) is 0 Å². The molecular weight excluding hydrogens is 176 g/mol. The van der Waals surface area contributed by atoms with Crippen LogP contribution in [-0.4, -0.2) is 4.98 Å². The molecule has 0 unspecified atom stereocenters. The quantitative estimate of drug-likeness (QED) is 0.683. The first kappa shape index (κ1) is 7.38. The average molecular weight is 184 g/mol. The van der Waals surface area contributed by atoms with E-state index in [1.165, 1.54) is 0 Å². The second kappa shape index (κ2) is 2.73. The number of fused-ring (bicyclic) bond motifs is 3. The van der Waals surface area contributed by atoms with Crippen molar-refractivity contribution in [3.8, 4) is 5.75 Å². The van der Waals surface area contributed by atoms with Crippen molar-refractivity contribution >= 4 is 16.6 Å². The summed E-state index contributed by atoms with van der Waals surface area (Å²) in [4.78, 5) is 4.26. The van der Waals surface area contributed by atoms with Gasteiger partial charge in [0.2, 0.25) is 0 Å². The maximum absolute atomic E-state index is 5.45. The van der Waals surface area contributed by atoms with Crippen molar-refractivity contribution < 1.29 is 4.74 Å². The lowest BCUT2D eigenvalue weighted by atomic mass is 10.1. The van der Waals surface area contributed by atoms with Crippen molar-refractivity contribution in [1.82, 2.24) is 4.98 Å². The van der Waals surface area contributed by atoms with Gasteiger partial charge in [0, 0.05) is 17.8 Å². The van der Waals surface area contributed by atoms with Gasteiger partial charge >= 0.3 is 0 Å². The normalized spacial score (nSPS) is 13.1. The summed E-state index contributed by atoms with van der Waals surface area (Å²) in [6.07, 6.45) is 5.18. The summed E-state index contributed by atoms with van der Waals surface area (Å²) in [6.45, 7) is 0. The summed E-state index contributed by atoms with van der Waals surface area (Å²) in [6, 6.07) is 7.85. The fraction of sp³-hybridized carbons (Fsp3) is 0. The van der Waals surface area contributed by atoms with Crippen LogP contribution in [0.15, 0.2) is 42.9 Å². The molecule has 1 N–H and O–H groups in total. The Bertz CT molecular complexity index is 520. The first-order chi connectivity index (χ1) is 6.95. The molecule has 2 aromatic rings. The Balaban J connectivity index is 2.37. The minimum Gasteiger partial charge on any atom is -0.461 e. The van der Waals surface area contributed by atoms with Gasteiger partial charge in [-0.2, -0.15) is 0 Å². The van der Waals surface area contributed by atoms with E-state index in [1.54, 1.807) is 18.7 Å². The van der Waals surface area contributed by atoms with Crippen LogP contribution in [-0.2, 0) is 0 Å². The van der Waals surface area contributed by atoms with Gasteiger partial charge in [-0.3, -0.25) is 4.98 Å². The lowest BCUT2D eigenvalue weighted by Gasteiger charge is -2.14. The minimum absolute atomic E-state index is 0.845. The molecule has 1 aromatic heterocycles. The van der Waals surface area contributed by atoms with Gasteiger partial charge < -0.3 is 10.1 Å². The molecule has 1 aliphatic rings. The first-order valence-corrected chi connectivity index (χ1v) is 4.41. The number of ether oxygens (including phenoxy) is 1. The highest BCUT2D eigenvalue weighted by Crippen LogP contribution is 2.34. The SMILES string of the molecule is C1=COc2c(ccc3ncccc23)N1. The predicted molar refractivity (Wildman–Crippen MR) is 55.1 cm³/mol. The number of nitrogens with zero attached hydrogens (tertiary/aromatic N) is 1. The summed E-state index contributed by atoms with van der Waals surface area (Å²) >= 11 is 0. The molecule has 3 rings (SSSR count). The van der Waals surface area contributed by atoms with Crippen molar-refractivity contribution in [3.63, 3.8) is 0 Å². The van der Waals surface area contributed by atoms with Crippen LogP contribution in [0.2, 0.25) is 0 Å². The number of nitrogens with one attached hydrogen (secondary N) is 1. The standard InChI is InChI=1S/C11H8N2O/c1-2-8-9(12-5-1)3-4-10-11(8)14-7-6-13-10/h1-7,13H. The van der Waals surface area contributed by atoms with Gasteiger partial charge in [-0.05, 0) is 24.3 Å². The number of hydrogen-bond donors (Lipinski definition) is 1. The number of pyridine rings is 1. The molecule has 0 saturated carbocycles. The topological polar surface area (TPSA) is 34.1 Å². The van der Waals surface area contributed by atoms with Gasteiger partial charge in [-0.25, -0.2) is 0 Å². The van der Waals surface area contributed by atoms with Gasteiger partial charge in [0.05, 0.1) is 11.2 Å². The number of rotatable bonds is 0. The lowest BCUT2D eigenvalue weighted by Crippen LogP contribution is -1.99. The Hall–Kier alpha value is -2.03. The fourth-order valence-corrected chi connectivity index (χ4v) is 1.59. The van der Waals surface area contributed by atoms with Crippen LogP contribution in [0.25, 0.3) is 10.9 Å². The van der Waals surface area contributed by atoms with Crippen LogP contribution >= 0.6 is 0 Å². The van der Waals surface area contributed by atoms with E-state index in [0.29, 0.717) is 0 Å². The zero-order valence-corrected chi connectivity index (χ0v) is 7.40. The van der Waals surface area contributed by atoms with E-state index < -0.39 is 0 Å². The minimum atomic E-state index is 0.845. The molecule has 0 amide bonds. The number of anilines is 1. The smallest absolute Gasteiger partial charge is 0.159 e. The van der Waals surface area contributed by atoms with Crippen molar-refractivity contribution in [2.45, 2.75) is 0 Å². The van der Waals surface area contributed by atoms with Crippen molar-refractivity contribution in [2.24, 2.45) is 0 Å². The molecule has 0 spiro atoms. The van der Waals surface area contributed by atoms with Crippen molar-refractivity contribution in [3.05, 3.63) is 42.9 Å². The van der Waals surface area contributed by atoms with Crippen LogP contribution < -0.4 is 10.1 Å². The Labute approximate surface area is 81.0 Å². The highest BCUT2D eigenvalue weighted by atomic mass is 16.5. The average Bonchev–Trinajstić information content (AvgIpc) is 2.29. The second-order valence-corrected chi connectivity index (χ2v) is 3.08. The van der Waals surface area contributed by atoms with Crippen LogP contribution in [0, 0.1) is 0 Å². The van der Waals surface area contributed by atoms with E-state index in [-0.39, 0.29) is 0 Å². The molecule has 0 aliphatic carbocycles. The van der Waals surface area contributed by atoms with E-state index >= 15 is 0 Å². The van der Waals surface area contributed by atoms with Gasteiger partial charge in [0.1, 0.15) is 6.26 Å². The van der Waals surface area contributed by atoms with Gasteiger partial charge in [-0.1, -0.05) is 0 Å². The molecule has 3 nitrogen and oxygen atoms in total. The molecule has 3 heteroatoms.